The molecule has 1 N–H and O–H groups in total. The first-order valence-electron chi connectivity index (χ1n) is 9.08. The Kier molecular flexibility index (Phi) is 7.02. The lowest BCUT2D eigenvalue weighted by Crippen LogP contribution is -2.35. The Morgan fingerprint density at radius 2 is 2.00 bits per heavy atom. The minimum absolute atomic E-state index is 0.111. The normalized spacial score (nSPS) is 18.8. The third-order valence-electron chi connectivity index (χ3n) is 4.80. The number of carbonyl (C=O) groups excluding carboxylic acids is 1. The van der Waals surface area contributed by atoms with Gasteiger partial charge in [0.25, 0.3) is 0 Å². The smallest absolute Gasteiger partial charge is 0.346 e. The van der Waals surface area contributed by atoms with Crippen LogP contribution in [0.2, 0.25) is 5.02 Å². The fourth-order valence-corrected chi connectivity index (χ4v) is 4.37. The van der Waals surface area contributed by atoms with Crippen molar-refractivity contribution in [2.24, 2.45) is 5.92 Å². The molecule has 0 spiro atoms. The number of anilines is 1. The second-order valence-electron chi connectivity index (χ2n) is 6.88. The number of carbonyl (C=O) groups is 1. The van der Waals surface area contributed by atoms with Crippen LogP contribution in [-0.4, -0.2) is 11.8 Å². The van der Waals surface area contributed by atoms with E-state index in [1.54, 1.807) is 19.1 Å². The molecular weight excluding hydrogens is 465 g/mol. The zero-order valence-corrected chi connectivity index (χ0v) is 18.4. The van der Waals surface area contributed by atoms with Crippen LogP contribution in [0, 0.1) is 12.8 Å². The van der Waals surface area contributed by atoms with Gasteiger partial charge in [-0.25, -0.2) is 4.79 Å². The minimum atomic E-state index is -0.594. The molecule has 0 aliphatic heterocycles. The molecule has 3 rings (SSSR count). The Morgan fingerprint density at radius 3 is 2.64 bits per heavy atom. The van der Waals surface area contributed by atoms with E-state index in [9.17, 15) is 9.59 Å². The van der Waals surface area contributed by atoms with Crippen molar-refractivity contribution in [2.75, 3.05) is 5.32 Å². The van der Waals surface area contributed by atoms with Crippen LogP contribution in [0.5, 0.6) is 0 Å². The van der Waals surface area contributed by atoms with E-state index in [0.29, 0.717) is 12.2 Å². The minimum Gasteiger partial charge on any atom is -0.428 e. The van der Waals surface area contributed by atoms with Crippen molar-refractivity contribution < 1.29 is 9.21 Å². The van der Waals surface area contributed by atoms with Crippen LogP contribution in [-0.2, 0) is 4.79 Å². The zero-order valence-electron chi connectivity index (χ0n) is 15.3. The van der Waals surface area contributed by atoms with Crippen molar-refractivity contribution in [1.82, 2.24) is 0 Å². The average molecular weight is 485 g/mol. The molecule has 0 radical (unpaired) electrons. The molecule has 1 fully saturated rings. The highest BCUT2D eigenvalue weighted by Crippen LogP contribution is 2.31. The number of benzene rings is 1. The third-order valence-corrected chi connectivity index (χ3v) is 5.95. The first kappa shape index (κ1) is 21.2. The molecule has 1 heterocycles. The molecule has 1 aliphatic carbocycles. The molecule has 1 aromatic heterocycles. The lowest BCUT2D eigenvalue weighted by Gasteiger charge is -2.29. The number of hydrogen-bond donors (Lipinski definition) is 1. The average Bonchev–Trinajstić information content (AvgIpc) is 2.62. The first-order chi connectivity index (χ1) is 13.3. The Hall–Kier alpha value is -1.56. The van der Waals surface area contributed by atoms with Gasteiger partial charge in [-0.3, -0.25) is 4.79 Å². The predicted molar refractivity (Wildman–Crippen MR) is 117 cm³/mol. The molecule has 7 heteroatoms. The van der Waals surface area contributed by atoms with E-state index in [0.717, 1.165) is 29.4 Å². The quantitative estimate of drug-likeness (QED) is 0.550. The fraction of sp³-hybridized carbons (Fsp3) is 0.333. The summed E-state index contributed by atoms with van der Waals surface area (Å²) in [6, 6.07) is 8.85. The summed E-state index contributed by atoms with van der Waals surface area (Å²) in [5, 5.41) is 3.78. The van der Waals surface area contributed by atoms with Crippen LogP contribution >= 0.6 is 39.1 Å². The van der Waals surface area contributed by atoms with Crippen LogP contribution in [0.1, 0.15) is 37.0 Å². The Bertz CT molecular complexity index is 953. The Morgan fingerprint density at radius 1 is 1.29 bits per heavy atom. The van der Waals surface area contributed by atoms with Crippen LogP contribution in [0.15, 0.2) is 50.1 Å². The maximum atomic E-state index is 12.6. The van der Waals surface area contributed by atoms with Crippen molar-refractivity contribution in [3.05, 3.63) is 67.6 Å². The molecule has 2 aromatic rings. The van der Waals surface area contributed by atoms with E-state index >= 15 is 0 Å². The van der Waals surface area contributed by atoms with Crippen LogP contribution in [0.25, 0.3) is 5.03 Å². The SMILES string of the molecule is Cc1cc(Cl)c(/C(Cl)=C/[C@@H](Nc2ccc(Br)cc2)[C@@H]2CCCCC2=O)c(=O)o1. The molecule has 148 valence electrons. The molecule has 0 amide bonds. The maximum Gasteiger partial charge on any atom is 0.346 e. The summed E-state index contributed by atoms with van der Waals surface area (Å²) in [5.74, 6) is 0.390. The molecule has 0 bridgehead atoms. The van der Waals surface area contributed by atoms with Crippen molar-refractivity contribution >= 4 is 55.6 Å². The summed E-state index contributed by atoms with van der Waals surface area (Å²) in [4.78, 5) is 24.8. The van der Waals surface area contributed by atoms with Crippen molar-refractivity contribution in [2.45, 2.75) is 38.6 Å². The Balaban J connectivity index is 1.98. The van der Waals surface area contributed by atoms with Gasteiger partial charge in [-0.2, -0.15) is 0 Å². The van der Waals surface area contributed by atoms with Gasteiger partial charge in [-0.05, 0) is 56.2 Å². The van der Waals surface area contributed by atoms with Crippen molar-refractivity contribution in [3.8, 4) is 0 Å². The summed E-state index contributed by atoms with van der Waals surface area (Å²) in [5.41, 5.74) is 0.373. The summed E-state index contributed by atoms with van der Waals surface area (Å²) < 4.78 is 6.09. The lowest BCUT2D eigenvalue weighted by atomic mass is 9.82. The summed E-state index contributed by atoms with van der Waals surface area (Å²) in [6.07, 6.45) is 4.91. The number of Topliss-reactive ketones (excluding diaryl/α,β-unsaturated/α-hetero) is 1. The van der Waals surface area contributed by atoms with Gasteiger partial charge in [-0.1, -0.05) is 45.6 Å². The van der Waals surface area contributed by atoms with Gasteiger partial charge in [0.1, 0.15) is 11.5 Å². The van der Waals surface area contributed by atoms with Crippen LogP contribution in [0.3, 0.4) is 0 Å². The number of rotatable bonds is 5. The number of nitrogens with one attached hydrogen (secondary N) is 1. The molecule has 1 aromatic carbocycles. The van der Waals surface area contributed by atoms with Gasteiger partial charge >= 0.3 is 5.63 Å². The number of hydrogen-bond acceptors (Lipinski definition) is 4. The molecule has 1 saturated carbocycles. The first-order valence-corrected chi connectivity index (χ1v) is 10.6. The highest BCUT2D eigenvalue weighted by atomic mass is 79.9. The molecule has 2 atom stereocenters. The molecule has 1 aliphatic rings. The molecule has 0 unspecified atom stereocenters. The third kappa shape index (κ3) is 5.07. The van der Waals surface area contributed by atoms with Crippen LogP contribution < -0.4 is 10.9 Å². The second kappa shape index (κ2) is 9.29. The number of ketones is 1. The van der Waals surface area contributed by atoms with Crippen LogP contribution in [0.4, 0.5) is 5.69 Å². The zero-order chi connectivity index (χ0) is 20.3. The lowest BCUT2D eigenvalue weighted by molar-refractivity contribution is -0.124. The van der Waals surface area contributed by atoms with Crippen molar-refractivity contribution in [3.63, 3.8) is 0 Å². The van der Waals surface area contributed by atoms with E-state index in [1.165, 1.54) is 0 Å². The summed E-state index contributed by atoms with van der Waals surface area (Å²) in [6.45, 7) is 1.65. The second-order valence-corrected chi connectivity index (χ2v) is 8.61. The number of aryl methyl sites for hydroxylation is 1. The standard InChI is InChI=1S/C21H20BrCl2NO3/c1-12-10-16(23)20(21(27)28-12)17(24)11-18(15-4-2-3-5-19(15)26)25-14-8-6-13(22)7-9-14/h6-11,15,18,25H,2-5H2,1H3/b17-11-/t15-,18+/m0/s1. The predicted octanol–water partition coefficient (Wildman–Crippen LogP) is 6.18. The van der Waals surface area contributed by atoms with Gasteiger partial charge < -0.3 is 9.73 Å². The number of halogens is 3. The topological polar surface area (TPSA) is 59.3 Å². The molecule has 28 heavy (non-hydrogen) atoms. The van der Waals surface area contributed by atoms with Gasteiger partial charge in [0.15, 0.2) is 0 Å². The molecule has 4 nitrogen and oxygen atoms in total. The van der Waals surface area contributed by atoms with Gasteiger partial charge in [-0.15, -0.1) is 0 Å². The maximum absolute atomic E-state index is 12.6. The summed E-state index contributed by atoms with van der Waals surface area (Å²) >= 11 is 16.1. The molecule has 0 saturated heterocycles. The summed E-state index contributed by atoms with van der Waals surface area (Å²) in [7, 11) is 0. The van der Waals surface area contributed by atoms with E-state index in [2.05, 4.69) is 21.2 Å². The highest BCUT2D eigenvalue weighted by Gasteiger charge is 2.30. The Labute approximate surface area is 182 Å². The van der Waals surface area contributed by atoms with E-state index in [-0.39, 0.29) is 33.4 Å². The fourth-order valence-electron chi connectivity index (χ4n) is 3.41. The van der Waals surface area contributed by atoms with Gasteiger partial charge in [0.05, 0.1) is 21.7 Å². The monoisotopic (exact) mass is 483 g/mol. The van der Waals surface area contributed by atoms with E-state index < -0.39 is 5.63 Å². The van der Waals surface area contributed by atoms with Crippen molar-refractivity contribution in [1.29, 1.82) is 0 Å². The van der Waals surface area contributed by atoms with Gasteiger partial charge in [0, 0.05) is 22.5 Å². The van der Waals surface area contributed by atoms with E-state index in [4.69, 9.17) is 27.6 Å². The largest absolute Gasteiger partial charge is 0.428 e. The highest BCUT2D eigenvalue weighted by molar-refractivity contribution is 9.10. The van der Waals surface area contributed by atoms with E-state index in [1.807, 2.05) is 24.3 Å². The molecular formula is C21H20BrCl2NO3. The van der Waals surface area contributed by atoms with Gasteiger partial charge in [0.2, 0.25) is 0 Å².